The van der Waals surface area contributed by atoms with Crippen molar-refractivity contribution in [3.05, 3.63) is 29.8 Å². The van der Waals surface area contributed by atoms with Gasteiger partial charge in [0.15, 0.2) is 5.96 Å². The van der Waals surface area contributed by atoms with Crippen molar-refractivity contribution in [3.63, 3.8) is 0 Å². The standard InChI is InChI=1S/C19H30N4O2.HI/c1-19(2)11-16(15-7-5-6-8-17(15)25-19)22-18(20-3)21-12-14-13-23(4)9-10-24-14;/h5-8,14,16H,9-13H2,1-4H3,(H2,20,21,22);1H. The fraction of sp³-hybridized carbons (Fsp3) is 0.632. The van der Waals surface area contributed by atoms with Crippen molar-refractivity contribution in [2.24, 2.45) is 4.99 Å². The Morgan fingerprint density at radius 2 is 2.12 bits per heavy atom. The maximum absolute atomic E-state index is 6.11. The smallest absolute Gasteiger partial charge is 0.191 e. The molecule has 26 heavy (non-hydrogen) atoms. The molecule has 1 fully saturated rings. The minimum absolute atomic E-state index is 0. The molecule has 0 radical (unpaired) electrons. The first kappa shape index (κ1) is 21.2. The lowest BCUT2D eigenvalue weighted by atomic mass is 9.90. The number of guanidine groups is 1. The topological polar surface area (TPSA) is 58.1 Å². The number of hydrogen-bond acceptors (Lipinski definition) is 4. The van der Waals surface area contributed by atoms with Gasteiger partial charge in [-0.05, 0) is 27.0 Å². The molecule has 146 valence electrons. The van der Waals surface area contributed by atoms with Crippen LogP contribution >= 0.6 is 24.0 Å². The SMILES string of the molecule is CN=C(NCC1CN(C)CCO1)NC1CC(C)(C)Oc2ccccc21.I. The Hall–Kier alpha value is -1.06. The van der Waals surface area contributed by atoms with Crippen molar-refractivity contribution in [3.8, 4) is 5.75 Å². The molecule has 2 N–H and O–H groups in total. The third kappa shape index (κ3) is 5.47. The molecule has 6 nitrogen and oxygen atoms in total. The van der Waals surface area contributed by atoms with Crippen LogP contribution in [0.25, 0.3) is 0 Å². The fourth-order valence-corrected chi connectivity index (χ4v) is 3.49. The van der Waals surface area contributed by atoms with Crippen LogP contribution in [0.3, 0.4) is 0 Å². The van der Waals surface area contributed by atoms with Crippen LogP contribution in [0.5, 0.6) is 5.75 Å². The van der Waals surface area contributed by atoms with Crippen LogP contribution in [0.15, 0.2) is 29.3 Å². The number of para-hydroxylation sites is 1. The quantitative estimate of drug-likeness (QED) is 0.401. The lowest BCUT2D eigenvalue weighted by Crippen LogP contribution is -2.50. The maximum atomic E-state index is 6.11. The number of morpholine rings is 1. The number of ether oxygens (including phenoxy) is 2. The number of fused-ring (bicyclic) bond motifs is 1. The van der Waals surface area contributed by atoms with Crippen LogP contribution in [0.2, 0.25) is 0 Å². The average Bonchev–Trinajstić information content (AvgIpc) is 2.57. The van der Waals surface area contributed by atoms with Crippen molar-refractivity contribution in [1.82, 2.24) is 15.5 Å². The Balaban J connectivity index is 0.00000243. The molecule has 0 amide bonds. The first-order chi connectivity index (χ1) is 12.0. The van der Waals surface area contributed by atoms with Gasteiger partial charge in [-0.3, -0.25) is 4.99 Å². The van der Waals surface area contributed by atoms with E-state index in [0.717, 1.165) is 44.4 Å². The molecular formula is C19H31IN4O2. The summed E-state index contributed by atoms with van der Waals surface area (Å²) < 4.78 is 11.9. The molecule has 0 aliphatic carbocycles. The highest BCUT2D eigenvalue weighted by Gasteiger charge is 2.34. The lowest BCUT2D eigenvalue weighted by molar-refractivity contribution is -0.0161. The summed E-state index contributed by atoms with van der Waals surface area (Å²) in [5.74, 6) is 1.75. The lowest BCUT2D eigenvalue weighted by Gasteiger charge is -2.38. The zero-order valence-electron chi connectivity index (χ0n) is 16.1. The molecule has 2 aliphatic rings. The van der Waals surface area contributed by atoms with Gasteiger partial charge < -0.3 is 25.0 Å². The van der Waals surface area contributed by atoms with Crippen LogP contribution in [0.1, 0.15) is 31.9 Å². The van der Waals surface area contributed by atoms with Gasteiger partial charge in [0.2, 0.25) is 0 Å². The highest BCUT2D eigenvalue weighted by atomic mass is 127. The molecule has 2 unspecified atom stereocenters. The Kier molecular flexibility index (Phi) is 7.54. The van der Waals surface area contributed by atoms with E-state index in [1.807, 2.05) is 12.1 Å². The summed E-state index contributed by atoms with van der Waals surface area (Å²) in [4.78, 5) is 6.69. The van der Waals surface area contributed by atoms with Crippen molar-refractivity contribution < 1.29 is 9.47 Å². The second-order valence-electron chi connectivity index (χ2n) is 7.51. The largest absolute Gasteiger partial charge is 0.487 e. The summed E-state index contributed by atoms with van der Waals surface area (Å²) in [6.07, 6.45) is 1.07. The minimum Gasteiger partial charge on any atom is -0.487 e. The second kappa shape index (κ2) is 9.23. The molecule has 0 spiro atoms. The van der Waals surface area contributed by atoms with Gasteiger partial charge in [0.1, 0.15) is 11.4 Å². The number of likely N-dealkylation sites (N-methyl/N-ethyl adjacent to an activating group) is 1. The molecule has 7 heteroatoms. The molecular weight excluding hydrogens is 443 g/mol. The number of halogens is 1. The van der Waals surface area contributed by atoms with Gasteiger partial charge in [-0.15, -0.1) is 24.0 Å². The van der Waals surface area contributed by atoms with E-state index in [2.05, 4.69) is 53.6 Å². The van der Waals surface area contributed by atoms with Crippen molar-refractivity contribution in [2.45, 2.75) is 38.0 Å². The molecule has 2 aliphatic heterocycles. The van der Waals surface area contributed by atoms with Gasteiger partial charge in [0.05, 0.1) is 18.8 Å². The summed E-state index contributed by atoms with van der Waals surface area (Å²) in [5, 5.41) is 6.97. The van der Waals surface area contributed by atoms with Crippen LogP contribution < -0.4 is 15.4 Å². The van der Waals surface area contributed by atoms with Crippen molar-refractivity contribution >= 4 is 29.9 Å². The van der Waals surface area contributed by atoms with Gasteiger partial charge in [-0.2, -0.15) is 0 Å². The molecule has 1 saturated heterocycles. The van der Waals surface area contributed by atoms with E-state index in [0.29, 0.717) is 0 Å². The average molecular weight is 474 g/mol. The Labute approximate surface area is 173 Å². The zero-order valence-corrected chi connectivity index (χ0v) is 18.4. The summed E-state index contributed by atoms with van der Waals surface area (Å²) in [5.41, 5.74) is 0.971. The molecule has 2 heterocycles. The van der Waals surface area contributed by atoms with E-state index in [9.17, 15) is 0 Å². The van der Waals surface area contributed by atoms with Crippen LogP contribution in [0.4, 0.5) is 0 Å². The number of hydrogen-bond donors (Lipinski definition) is 2. The number of aliphatic imine (C=N–C) groups is 1. The molecule has 1 aromatic rings. The van der Waals surface area contributed by atoms with Gasteiger partial charge >= 0.3 is 0 Å². The summed E-state index contributed by atoms with van der Waals surface area (Å²) >= 11 is 0. The van der Waals surface area contributed by atoms with E-state index in [1.165, 1.54) is 5.56 Å². The van der Waals surface area contributed by atoms with E-state index < -0.39 is 0 Å². The normalized spacial score (nSPS) is 25.5. The molecule has 0 saturated carbocycles. The first-order valence-electron chi connectivity index (χ1n) is 9.02. The monoisotopic (exact) mass is 474 g/mol. The number of nitrogens with zero attached hydrogens (tertiary/aromatic N) is 2. The highest BCUT2D eigenvalue weighted by molar-refractivity contribution is 14.0. The Morgan fingerprint density at radius 3 is 2.85 bits per heavy atom. The number of nitrogens with one attached hydrogen (secondary N) is 2. The van der Waals surface area contributed by atoms with E-state index in [1.54, 1.807) is 7.05 Å². The molecule has 1 aromatic carbocycles. The maximum Gasteiger partial charge on any atom is 0.191 e. The van der Waals surface area contributed by atoms with Gasteiger partial charge in [-0.25, -0.2) is 0 Å². The minimum atomic E-state index is -0.208. The number of benzene rings is 1. The van der Waals surface area contributed by atoms with Crippen LogP contribution in [-0.4, -0.2) is 62.9 Å². The molecule has 0 aromatic heterocycles. The second-order valence-corrected chi connectivity index (χ2v) is 7.51. The van der Waals surface area contributed by atoms with Crippen molar-refractivity contribution in [1.29, 1.82) is 0 Å². The third-order valence-corrected chi connectivity index (χ3v) is 4.75. The zero-order chi connectivity index (χ0) is 17.9. The van der Waals surface area contributed by atoms with Crippen molar-refractivity contribution in [2.75, 3.05) is 40.3 Å². The summed E-state index contributed by atoms with van der Waals surface area (Å²) in [6.45, 7) is 7.72. The predicted octanol–water partition coefficient (Wildman–Crippen LogP) is 2.40. The number of rotatable bonds is 3. The van der Waals surface area contributed by atoms with Gasteiger partial charge in [0.25, 0.3) is 0 Å². The Morgan fingerprint density at radius 1 is 1.35 bits per heavy atom. The molecule has 2 atom stereocenters. The Bertz CT molecular complexity index is 623. The first-order valence-corrected chi connectivity index (χ1v) is 9.02. The van der Waals surface area contributed by atoms with E-state index in [4.69, 9.17) is 9.47 Å². The van der Waals surface area contributed by atoms with Crippen LogP contribution in [0, 0.1) is 0 Å². The fourth-order valence-electron chi connectivity index (χ4n) is 3.49. The van der Waals surface area contributed by atoms with E-state index >= 15 is 0 Å². The third-order valence-electron chi connectivity index (χ3n) is 4.75. The summed E-state index contributed by atoms with van der Waals surface area (Å²) in [6, 6.07) is 8.39. The molecule has 0 bridgehead atoms. The van der Waals surface area contributed by atoms with Gasteiger partial charge in [0, 0.05) is 38.7 Å². The van der Waals surface area contributed by atoms with Gasteiger partial charge in [-0.1, -0.05) is 18.2 Å². The van der Waals surface area contributed by atoms with Crippen LogP contribution in [-0.2, 0) is 4.74 Å². The summed E-state index contributed by atoms with van der Waals surface area (Å²) in [7, 11) is 3.93. The molecule has 3 rings (SSSR count). The highest BCUT2D eigenvalue weighted by Crippen LogP contribution is 2.39. The van der Waals surface area contributed by atoms with E-state index in [-0.39, 0.29) is 41.7 Å². The predicted molar refractivity (Wildman–Crippen MR) is 116 cm³/mol.